The fourth-order valence-electron chi connectivity index (χ4n) is 4.69. The van der Waals surface area contributed by atoms with Gasteiger partial charge in [0.2, 0.25) is 5.91 Å². The van der Waals surface area contributed by atoms with Crippen molar-refractivity contribution >= 4 is 40.0 Å². The van der Waals surface area contributed by atoms with E-state index < -0.39 is 28.7 Å². The molecule has 226 valence electrons. The van der Waals surface area contributed by atoms with E-state index in [9.17, 15) is 23.6 Å². The van der Waals surface area contributed by atoms with Gasteiger partial charge in [0, 0.05) is 44.0 Å². The largest absolute Gasteiger partial charge is 0.444 e. The summed E-state index contributed by atoms with van der Waals surface area (Å²) < 4.78 is 27.4. The van der Waals surface area contributed by atoms with Crippen molar-refractivity contribution in [1.82, 2.24) is 9.47 Å². The Bertz CT molecular complexity index is 1840. The Morgan fingerprint density at radius 2 is 1.77 bits per heavy atom. The van der Waals surface area contributed by atoms with Gasteiger partial charge in [0.25, 0.3) is 5.56 Å². The number of nitrogens with one attached hydrogen (secondary N) is 2. The molecule has 0 bridgehead atoms. The van der Waals surface area contributed by atoms with Gasteiger partial charge in [0.1, 0.15) is 16.8 Å². The second kappa shape index (κ2) is 12.1. The van der Waals surface area contributed by atoms with E-state index in [0.29, 0.717) is 22.5 Å². The molecule has 10 nitrogen and oxygen atoms in total. The number of carbonyl (C=O) groups is 2. The topological polar surface area (TPSA) is 123 Å². The molecule has 0 fully saturated rings. The molecule has 0 atom stereocenters. The van der Waals surface area contributed by atoms with E-state index >= 15 is 0 Å². The number of nitrogens with zero attached hydrogens (tertiary/aromatic N) is 2. The minimum atomic E-state index is -0.702. The van der Waals surface area contributed by atoms with E-state index in [1.54, 1.807) is 65.1 Å². The highest BCUT2D eigenvalue weighted by Crippen LogP contribution is 2.36. The fourth-order valence-corrected chi connectivity index (χ4v) is 4.69. The molecule has 0 saturated heterocycles. The minimum absolute atomic E-state index is 0.00802. The van der Waals surface area contributed by atoms with Crippen molar-refractivity contribution in [2.45, 2.75) is 53.7 Å². The molecule has 2 heterocycles. The van der Waals surface area contributed by atoms with Gasteiger partial charge in [-0.25, -0.2) is 14.0 Å². The molecule has 2 aromatic carbocycles. The molecule has 4 aromatic rings. The maximum absolute atomic E-state index is 14.7. The molecule has 2 aromatic heterocycles. The van der Waals surface area contributed by atoms with Crippen LogP contribution in [0, 0.1) is 19.7 Å². The molecule has 0 spiro atoms. The van der Waals surface area contributed by atoms with E-state index in [2.05, 4.69) is 10.6 Å². The van der Waals surface area contributed by atoms with Crippen molar-refractivity contribution < 1.29 is 23.1 Å². The predicted molar refractivity (Wildman–Crippen MR) is 165 cm³/mol. The Kier molecular flexibility index (Phi) is 8.75. The van der Waals surface area contributed by atoms with Crippen LogP contribution >= 0.6 is 0 Å². The van der Waals surface area contributed by atoms with Crippen LogP contribution in [-0.2, 0) is 16.1 Å². The summed E-state index contributed by atoms with van der Waals surface area (Å²) in [6, 6.07) is 12.8. The lowest BCUT2D eigenvalue weighted by Gasteiger charge is -2.25. The first-order valence-corrected chi connectivity index (χ1v) is 13.7. The highest BCUT2D eigenvalue weighted by molar-refractivity contribution is 6.01. The number of fused-ring (bicyclic) bond motifs is 1. The number of para-hydroxylation sites is 1. The van der Waals surface area contributed by atoms with Gasteiger partial charge in [-0.3, -0.25) is 9.59 Å². The van der Waals surface area contributed by atoms with Gasteiger partial charge in [-0.2, -0.15) is 0 Å². The predicted octanol–water partition coefficient (Wildman–Crippen LogP) is 5.95. The number of rotatable bonds is 7. The maximum Gasteiger partial charge on any atom is 0.410 e. The zero-order chi connectivity index (χ0) is 31.6. The van der Waals surface area contributed by atoms with Crippen LogP contribution in [0.3, 0.4) is 0 Å². The van der Waals surface area contributed by atoms with Gasteiger partial charge >= 0.3 is 11.7 Å². The van der Waals surface area contributed by atoms with Crippen molar-refractivity contribution in [2.75, 3.05) is 24.2 Å². The number of pyridine rings is 1. The molecule has 0 saturated carbocycles. The van der Waals surface area contributed by atoms with Crippen LogP contribution in [0.1, 0.15) is 39.0 Å². The van der Waals surface area contributed by atoms with Crippen LogP contribution in [0.25, 0.3) is 22.1 Å². The second-order valence-corrected chi connectivity index (χ2v) is 11.3. The standard InChI is InChI=1S/C32H35FN4O6/c1-18-27(35-24-14-9-8-13-23(24)33)26-28(42-30(18)40)25(21-11-10-12-22(17-21)34-20(3)38)19(2)37(29(26)39)16-15-36(7)31(41)43-32(4,5)6/h8-14,17,35H,15-16H2,1-7H3,(H,34,38). The number of anilines is 3. The lowest BCUT2D eigenvalue weighted by molar-refractivity contribution is -0.114. The number of hydrogen-bond acceptors (Lipinski definition) is 7. The van der Waals surface area contributed by atoms with Gasteiger partial charge in [-0.05, 0) is 64.4 Å². The number of aromatic nitrogens is 1. The van der Waals surface area contributed by atoms with Crippen molar-refractivity contribution in [1.29, 1.82) is 0 Å². The van der Waals surface area contributed by atoms with Crippen LogP contribution in [-0.4, -0.2) is 40.7 Å². The number of benzene rings is 2. The van der Waals surface area contributed by atoms with Crippen LogP contribution in [0.2, 0.25) is 0 Å². The Balaban J connectivity index is 1.98. The minimum Gasteiger partial charge on any atom is -0.444 e. The molecule has 0 aliphatic rings. The number of halogens is 1. The molecule has 2 N–H and O–H groups in total. The molecule has 4 rings (SSSR count). The third kappa shape index (κ3) is 6.77. The van der Waals surface area contributed by atoms with Gasteiger partial charge in [-0.1, -0.05) is 24.3 Å². The monoisotopic (exact) mass is 590 g/mol. The van der Waals surface area contributed by atoms with E-state index in [0.717, 1.165) is 0 Å². The quantitative estimate of drug-likeness (QED) is 0.273. The van der Waals surface area contributed by atoms with Gasteiger partial charge in [0.15, 0.2) is 5.58 Å². The fraction of sp³-hybridized carbons (Fsp3) is 0.312. The summed E-state index contributed by atoms with van der Waals surface area (Å²) in [6.45, 7) is 10.1. The summed E-state index contributed by atoms with van der Waals surface area (Å²) in [5.41, 5.74) is 0.318. The van der Waals surface area contributed by atoms with Crippen LogP contribution < -0.4 is 21.8 Å². The Hall–Kier alpha value is -4.93. The lowest BCUT2D eigenvalue weighted by atomic mass is 9.99. The van der Waals surface area contributed by atoms with Crippen LogP contribution in [0.15, 0.2) is 62.5 Å². The summed E-state index contributed by atoms with van der Waals surface area (Å²) in [4.78, 5) is 53.1. The van der Waals surface area contributed by atoms with Gasteiger partial charge < -0.3 is 29.3 Å². The third-order valence-corrected chi connectivity index (χ3v) is 6.78. The van der Waals surface area contributed by atoms with Crippen molar-refractivity contribution in [2.24, 2.45) is 0 Å². The highest BCUT2D eigenvalue weighted by Gasteiger charge is 2.25. The molecule has 0 aliphatic heterocycles. The molecule has 0 unspecified atom stereocenters. The molecular weight excluding hydrogens is 555 g/mol. The average molecular weight is 591 g/mol. The maximum atomic E-state index is 14.7. The zero-order valence-corrected chi connectivity index (χ0v) is 25.3. The highest BCUT2D eigenvalue weighted by atomic mass is 19.1. The molecule has 11 heteroatoms. The van der Waals surface area contributed by atoms with Crippen molar-refractivity contribution in [3.63, 3.8) is 0 Å². The molecule has 0 aliphatic carbocycles. The van der Waals surface area contributed by atoms with Crippen LogP contribution in [0.4, 0.5) is 26.2 Å². The van der Waals surface area contributed by atoms with Crippen molar-refractivity contribution in [3.8, 4) is 11.1 Å². The van der Waals surface area contributed by atoms with Crippen LogP contribution in [0.5, 0.6) is 0 Å². The first-order chi connectivity index (χ1) is 20.2. The summed E-state index contributed by atoms with van der Waals surface area (Å²) >= 11 is 0. The van der Waals surface area contributed by atoms with Gasteiger partial charge in [0.05, 0.1) is 16.9 Å². The van der Waals surface area contributed by atoms with E-state index in [1.807, 2.05) is 0 Å². The lowest BCUT2D eigenvalue weighted by Crippen LogP contribution is -2.37. The Morgan fingerprint density at radius 3 is 2.42 bits per heavy atom. The van der Waals surface area contributed by atoms with Gasteiger partial charge in [-0.15, -0.1) is 0 Å². The summed E-state index contributed by atoms with van der Waals surface area (Å²) in [7, 11) is 1.57. The second-order valence-electron chi connectivity index (χ2n) is 11.3. The number of amides is 2. The molecule has 2 amide bonds. The smallest absolute Gasteiger partial charge is 0.410 e. The number of carbonyl (C=O) groups excluding carboxylic acids is 2. The van der Waals surface area contributed by atoms with E-state index in [1.165, 1.54) is 41.5 Å². The third-order valence-electron chi connectivity index (χ3n) is 6.78. The number of ether oxygens (including phenoxy) is 1. The molecule has 43 heavy (non-hydrogen) atoms. The van der Waals surface area contributed by atoms with Crippen molar-refractivity contribution in [3.05, 3.63) is 86.4 Å². The Labute approximate surface area is 248 Å². The number of likely N-dealkylation sites (N-methyl/N-ethyl adjacent to an activating group) is 1. The van der Waals surface area contributed by atoms with E-state index in [4.69, 9.17) is 9.15 Å². The average Bonchev–Trinajstić information content (AvgIpc) is 2.91. The zero-order valence-electron chi connectivity index (χ0n) is 25.3. The van der Waals surface area contributed by atoms with E-state index in [-0.39, 0.29) is 46.9 Å². The summed E-state index contributed by atoms with van der Waals surface area (Å²) in [5, 5.41) is 5.72. The molecular formula is C32H35FN4O6. The summed E-state index contributed by atoms with van der Waals surface area (Å²) in [5.74, 6) is -0.842. The normalized spacial score (nSPS) is 11.3. The number of hydrogen-bond donors (Lipinski definition) is 2. The molecule has 0 radical (unpaired) electrons. The first-order valence-electron chi connectivity index (χ1n) is 13.7. The summed E-state index contributed by atoms with van der Waals surface area (Å²) in [6.07, 6.45) is -0.550. The first kappa shape index (κ1) is 31.0. The Morgan fingerprint density at radius 1 is 1.07 bits per heavy atom. The SMILES string of the molecule is CC(=O)Nc1cccc(-c2c(C)n(CCN(C)C(=O)OC(C)(C)C)c(=O)c3c(Nc4ccccc4F)c(C)c(=O)oc23)c1.